The minimum atomic E-state index is -0.801. The quantitative estimate of drug-likeness (QED) is 0.0261. The molecule has 1 unspecified atom stereocenters. The van der Waals surface area contributed by atoms with Crippen molar-refractivity contribution in [2.45, 2.75) is 348 Å². The van der Waals surface area contributed by atoms with Gasteiger partial charge in [0.2, 0.25) is 0 Å². The summed E-state index contributed by atoms with van der Waals surface area (Å²) in [5.41, 5.74) is 0. The van der Waals surface area contributed by atoms with Gasteiger partial charge in [0.1, 0.15) is 13.2 Å². The van der Waals surface area contributed by atoms with Crippen molar-refractivity contribution in [3.63, 3.8) is 0 Å². The van der Waals surface area contributed by atoms with E-state index in [1.807, 2.05) is 0 Å². The Morgan fingerprint density at radius 3 is 0.800 bits per heavy atom. The zero-order valence-electron chi connectivity index (χ0n) is 50.1. The normalized spacial score (nSPS) is 12.4. The average Bonchev–Trinajstić information content (AvgIpc) is 3.41. The van der Waals surface area contributed by atoms with E-state index in [2.05, 4.69) is 81.5 Å². The molecule has 0 aliphatic carbocycles. The highest BCUT2D eigenvalue weighted by Gasteiger charge is 2.19. The van der Waals surface area contributed by atoms with Crippen molar-refractivity contribution in [3.8, 4) is 0 Å². The molecule has 6 nitrogen and oxygen atoms in total. The van der Waals surface area contributed by atoms with Gasteiger partial charge < -0.3 is 14.2 Å². The summed E-state index contributed by atoms with van der Waals surface area (Å²) < 4.78 is 16.9. The largest absolute Gasteiger partial charge is 0.462 e. The van der Waals surface area contributed by atoms with Crippen LogP contribution in [0.4, 0.5) is 0 Å². The number of ether oxygens (including phenoxy) is 3. The number of esters is 3. The Balaban J connectivity index is 4.22. The predicted octanol–water partition coefficient (Wildman–Crippen LogP) is 22.3. The number of rotatable bonds is 60. The van der Waals surface area contributed by atoms with Crippen molar-refractivity contribution in [1.82, 2.24) is 0 Å². The van der Waals surface area contributed by atoms with Gasteiger partial charge in [-0.25, -0.2) is 0 Å². The van der Waals surface area contributed by atoms with Gasteiger partial charge in [0.25, 0.3) is 0 Å². The lowest BCUT2D eigenvalue weighted by molar-refractivity contribution is -0.167. The van der Waals surface area contributed by atoms with Gasteiger partial charge in [-0.3, -0.25) is 14.4 Å². The molecule has 0 amide bonds. The van der Waals surface area contributed by atoms with E-state index in [1.165, 1.54) is 218 Å². The first-order valence-electron chi connectivity index (χ1n) is 32.8. The van der Waals surface area contributed by atoms with E-state index in [-0.39, 0.29) is 37.5 Å². The molecule has 0 aromatic heterocycles. The first kappa shape index (κ1) is 72.1. The van der Waals surface area contributed by atoms with Crippen molar-refractivity contribution < 1.29 is 28.6 Å². The Kier molecular flexibility index (Phi) is 61.2. The Morgan fingerprint density at radius 1 is 0.280 bits per heavy atom. The molecule has 0 aliphatic heterocycles. The van der Waals surface area contributed by atoms with E-state index < -0.39 is 6.10 Å². The third-order valence-electron chi connectivity index (χ3n) is 14.5. The molecule has 0 saturated carbocycles. The molecular formula is C69H124O6. The highest BCUT2D eigenvalue weighted by Crippen LogP contribution is 2.18. The van der Waals surface area contributed by atoms with Crippen LogP contribution in [-0.2, 0) is 28.6 Å². The van der Waals surface area contributed by atoms with Crippen LogP contribution in [-0.4, -0.2) is 37.2 Å². The highest BCUT2D eigenvalue weighted by molar-refractivity contribution is 5.71. The van der Waals surface area contributed by atoms with Crippen LogP contribution in [0.5, 0.6) is 0 Å². The molecule has 0 spiro atoms. The van der Waals surface area contributed by atoms with Gasteiger partial charge in [-0.2, -0.15) is 0 Å². The van der Waals surface area contributed by atoms with Crippen LogP contribution in [0.15, 0.2) is 60.8 Å². The van der Waals surface area contributed by atoms with Crippen molar-refractivity contribution in [1.29, 1.82) is 0 Å². The van der Waals surface area contributed by atoms with Crippen molar-refractivity contribution in [2.75, 3.05) is 13.2 Å². The van der Waals surface area contributed by atoms with Crippen LogP contribution >= 0.6 is 0 Å². The van der Waals surface area contributed by atoms with Crippen LogP contribution in [0.1, 0.15) is 342 Å². The molecule has 0 heterocycles. The molecule has 0 bridgehead atoms. The smallest absolute Gasteiger partial charge is 0.306 e. The van der Waals surface area contributed by atoms with Gasteiger partial charge >= 0.3 is 17.9 Å². The second-order valence-electron chi connectivity index (χ2n) is 22.0. The minimum absolute atomic E-state index is 0.0925. The van der Waals surface area contributed by atoms with E-state index in [4.69, 9.17) is 14.2 Å². The van der Waals surface area contributed by atoms with Crippen molar-refractivity contribution in [2.24, 2.45) is 0 Å². The topological polar surface area (TPSA) is 78.9 Å². The van der Waals surface area contributed by atoms with Gasteiger partial charge in [-0.15, -0.1) is 0 Å². The van der Waals surface area contributed by atoms with Gasteiger partial charge in [-0.1, -0.05) is 326 Å². The summed E-state index contributed by atoms with van der Waals surface area (Å²) in [4.78, 5) is 38.2. The maximum atomic E-state index is 12.9. The molecule has 436 valence electrons. The molecule has 0 aliphatic rings. The SMILES string of the molecule is CC/C=C\C/C=C\C/C=C\C/C=C\C/C=C\CCCC(=O)OC(COC(=O)CCCCCCCCCCCCCC)COC(=O)CCCCCCCCCCCCCCCCCCCCCCCCCCCCCC. The van der Waals surface area contributed by atoms with E-state index in [0.717, 1.165) is 77.0 Å². The lowest BCUT2D eigenvalue weighted by atomic mass is 10.0. The second kappa shape index (κ2) is 63.6. The molecule has 0 N–H and O–H groups in total. The van der Waals surface area contributed by atoms with E-state index >= 15 is 0 Å². The number of carbonyl (C=O) groups is 3. The standard InChI is InChI=1S/C69H124O6/c1-4-7-10-13-16-19-22-25-27-29-30-31-32-33-34-35-36-37-38-39-41-42-44-47-50-53-56-59-62-68(71)74-65-66(64-73-67(70)61-58-55-52-49-46-24-21-18-15-12-9-6-3)75-69(72)63-60-57-54-51-48-45-43-40-28-26-23-20-17-14-11-8-5-2/h8,11,17,20,26,28,43,45,51,54,66H,4-7,9-10,12-16,18-19,21-25,27,29-42,44,46-50,52-53,55-65H2,1-3H3/b11-8-,20-17-,28-26-,45-43-,54-51-. The van der Waals surface area contributed by atoms with Crippen LogP contribution in [0.2, 0.25) is 0 Å². The second-order valence-corrected chi connectivity index (χ2v) is 22.0. The number of hydrogen-bond donors (Lipinski definition) is 0. The maximum absolute atomic E-state index is 12.9. The summed E-state index contributed by atoms with van der Waals surface area (Å²) in [6.07, 6.45) is 81.2. The summed E-state index contributed by atoms with van der Waals surface area (Å²) >= 11 is 0. The summed E-state index contributed by atoms with van der Waals surface area (Å²) in [5, 5.41) is 0. The van der Waals surface area contributed by atoms with E-state index in [0.29, 0.717) is 19.3 Å². The first-order chi connectivity index (χ1) is 37.0. The fraction of sp³-hybridized carbons (Fsp3) is 0.812. The monoisotopic (exact) mass is 1050 g/mol. The molecule has 75 heavy (non-hydrogen) atoms. The van der Waals surface area contributed by atoms with Gasteiger partial charge in [0.05, 0.1) is 0 Å². The summed E-state index contributed by atoms with van der Waals surface area (Å²) in [5.74, 6) is -0.933. The third kappa shape index (κ3) is 61.8. The molecule has 0 rings (SSSR count). The van der Waals surface area contributed by atoms with Crippen molar-refractivity contribution in [3.05, 3.63) is 60.8 Å². The highest BCUT2D eigenvalue weighted by atomic mass is 16.6. The minimum Gasteiger partial charge on any atom is -0.462 e. The zero-order valence-corrected chi connectivity index (χ0v) is 50.1. The van der Waals surface area contributed by atoms with Gasteiger partial charge in [0.15, 0.2) is 6.10 Å². The molecule has 1 atom stereocenters. The molecule has 6 heteroatoms. The average molecular weight is 1050 g/mol. The first-order valence-corrected chi connectivity index (χ1v) is 32.8. The van der Waals surface area contributed by atoms with Gasteiger partial charge in [0, 0.05) is 19.3 Å². The molecule has 0 aromatic rings. The molecule has 0 radical (unpaired) electrons. The third-order valence-corrected chi connectivity index (χ3v) is 14.5. The number of unbranched alkanes of at least 4 members (excludes halogenated alkanes) is 39. The van der Waals surface area contributed by atoms with Crippen LogP contribution in [0.3, 0.4) is 0 Å². The predicted molar refractivity (Wildman–Crippen MR) is 325 cm³/mol. The van der Waals surface area contributed by atoms with Crippen LogP contribution in [0, 0.1) is 0 Å². The Morgan fingerprint density at radius 2 is 0.520 bits per heavy atom. The Bertz CT molecular complexity index is 1340. The molecule has 0 aromatic carbocycles. The summed E-state index contributed by atoms with van der Waals surface area (Å²) in [6.45, 7) is 6.52. The molecule has 0 saturated heterocycles. The number of hydrogen-bond acceptors (Lipinski definition) is 6. The Labute approximate surface area is 466 Å². The Hall–Kier alpha value is -2.89. The fourth-order valence-corrected chi connectivity index (χ4v) is 9.66. The van der Waals surface area contributed by atoms with E-state index in [9.17, 15) is 14.4 Å². The number of allylic oxidation sites excluding steroid dienone is 10. The zero-order chi connectivity index (χ0) is 54.3. The lowest BCUT2D eigenvalue weighted by Crippen LogP contribution is -2.30. The number of carbonyl (C=O) groups excluding carboxylic acids is 3. The lowest BCUT2D eigenvalue weighted by Gasteiger charge is -2.18. The maximum Gasteiger partial charge on any atom is 0.306 e. The van der Waals surface area contributed by atoms with Crippen molar-refractivity contribution >= 4 is 17.9 Å². The van der Waals surface area contributed by atoms with Gasteiger partial charge in [-0.05, 0) is 57.8 Å². The summed E-state index contributed by atoms with van der Waals surface area (Å²) in [7, 11) is 0. The summed E-state index contributed by atoms with van der Waals surface area (Å²) in [6, 6.07) is 0. The van der Waals surface area contributed by atoms with E-state index in [1.54, 1.807) is 0 Å². The molecule has 0 fully saturated rings. The fourth-order valence-electron chi connectivity index (χ4n) is 9.66. The van der Waals surface area contributed by atoms with Crippen LogP contribution in [0.25, 0.3) is 0 Å². The van der Waals surface area contributed by atoms with Crippen LogP contribution < -0.4 is 0 Å². The molecular weight excluding hydrogens is 925 g/mol.